The van der Waals surface area contributed by atoms with Gasteiger partial charge in [-0.3, -0.25) is 0 Å². The molecule has 0 rings (SSSR count). The molecular formula is CoK2O2. The Morgan fingerprint density at radius 2 is 0.600 bits per heavy atom. The molecule has 0 unspecified atom stereocenters. The number of rotatable bonds is 0. The molecule has 0 heterocycles. The van der Waals surface area contributed by atoms with Crippen LogP contribution in [0.5, 0.6) is 0 Å². The van der Waals surface area contributed by atoms with Gasteiger partial charge in [0.2, 0.25) is 0 Å². The van der Waals surface area contributed by atoms with E-state index in [-0.39, 0.29) is 131 Å². The van der Waals surface area contributed by atoms with Gasteiger partial charge in [-0.25, -0.2) is 0 Å². The fourth-order valence-corrected chi connectivity index (χ4v) is 0. The van der Waals surface area contributed by atoms with Gasteiger partial charge in [0.05, 0.1) is 0 Å². The van der Waals surface area contributed by atoms with Crippen molar-refractivity contribution in [3.63, 3.8) is 0 Å². The van der Waals surface area contributed by atoms with Gasteiger partial charge in [0.15, 0.2) is 0 Å². The normalized spacial score (nSPS) is 0. The fraction of sp³-hybridized carbons (Fsp3) is 0. The molecule has 0 fully saturated rings. The summed E-state index contributed by atoms with van der Waals surface area (Å²) >= 11 is 0. The Bertz CT molecular complexity index is 7.61. The van der Waals surface area contributed by atoms with Crippen LogP contribution in [-0.4, -0.2) is 0 Å². The van der Waals surface area contributed by atoms with Gasteiger partial charge >= 0.3 is 120 Å². The van der Waals surface area contributed by atoms with E-state index in [0.717, 1.165) is 0 Å². The zero-order valence-corrected chi connectivity index (χ0v) is 10.4. The molecule has 0 bridgehead atoms. The van der Waals surface area contributed by atoms with Crippen molar-refractivity contribution in [2.24, 2.45) is 0 Å². The van der Waals surface area contributed by atoms with Crippen LogP contribution in [0.25, 0.3) is 0 Å². The van der Waals surface area contributed by atoms with Crippen LogP contribution in [0.4, 0.5) is 0 Å². The molecule has 0 spiro atoms. The Morgan fingerprint density at radius 3 is 0.600 bits per heavy atom. The van der Waals surface area contributed by atoms with Crippen molar-refractivity contribution < 1.29 is 131 Å². The molecule has 0 aromatic rings. The van der Waals surface area contributed by atoms with Crippen molar-refractivity contribution >= 4 is 0 Å². The standard InChI is InChI=1S/Co.2K.2O/q+2;2*+1;2*-2. The first-order valence-corrected chi connectivity index (χ1v) is 0. The minimum Gasteiger partial charge on any atom is -2.00 e. The van der Waals surface area contributed by atoms with Crippen molar-refractivity contribution in [3.8, 4) is 0 Å². The quantitative estimate of drug-likeness (QED) is 0.324. The predicted octanol–water partition coefficient (Wildman–Crippen LogP) is -6.23. The van der Waals surface area contributed by atoms with E-state index >= 15 is 0 Å². The second-order valence-electron chi connectivity index (χ2n) is 0. The Labute approximate surface area is 126 Å². The molecule has 2 nitrogen and oxygen atoms in total. The molecule has 0 amide bonds. The molecule has 5 heavy (non-hydrogen) atoms. The molecule has 0 aromatic heterocycles. The first-order valence-electron chi connectivity index (χ1n) is 0. The molecule has 0 atom stereocenters. The van der Waals surface area contributed by atoms with Crippen LogP contribution < -0.4 is 103 Å². The van der Waals surface area contributed by atoms with Crippen molar-refractivity contribution in [1.29, 1.82) is 0 Å². The maximum atomic E-state index is 0. The van der Waals surface area contributed by atoms with Crippen LogP contribution in [-0.2, 0) is 27.7 Å². The van der Waals surface area contributed by atoms with E-state index in [9.17, 15) is 0 Å². The molecule has 0 aliphatic rings. The molecule has 0 saturated heterocycles. The van der Waals surface area contributed by atoms with Crippen molar-refractivity contribution in [3.05, 3.63) is 0 Å². The van der Waals surface area contributed by atoms with Crippen molar-refractivity contribution in [1.82, 2.24) is 0 Å². The van der Waals surface area contributed by atoms with Gasteiger partial charge in [-0.05, 0) is 0 Å². The van der Waals surface area contributed by atoms with E-state index in [2.05, 4.69) is 0 Å². The minimum absolute atomic E-state index is 0. The van der Waals surface area contributed by atoms with E-state index in [1.807, 2.05) is 0 Å². The Hall–Kier alpha value is 3.70. The molecule has 0 aromatic carbocycles. The van der Waals surface area contributed by atoms with Gasteiger partial charge in [-0.15, -0.1) is 0 Å². The summed E-state index contributed by atoms with van der Waals surface area (Å²) in [7, 11) is 0. The van der Waals surface area contributed by atoms with Gasteiger partial charge in [-0.1, -0.05) is 0 Å². The van der Waals surface area contributed by atoms with E-state index in [1.54, 1.807) is 0 Å². The number of hydrogen-bond donors (Lipinski definition) is 0. The summed E-state index contributed by atoms with van der Waals surface area (Å²) < 4.78 is 0. The third-order valence-corrected chi connectivity index (χ3v) is 0. The zero-order chi connectivity index (χ0) is 0. The molecule has 0 aliphatic heterocycles. The minimum atomic E-state index is 0. The Morgan fingerprint density at radius 1 is 0.600 bits per heavy atom. The van der Waals surface area contributed by atoms with E-state index < -0.39 is 0 Å². The first-order chi connectivity index (χ1) is 0. The van der Waals surface area contributed by atoms with E-state index in [4.69, 9.17) is 0 Å². The largest absolute Gasteiger partial charge is 2.00 e. The maximum Gasteiger partial charge on any atom is 2.00 e. The van der Waals surface area contributed by atoms with Crippen LogP contribution in [0.15, 0.2) is 0 Å². The van der Waals surface area contributed by atoms with Crippen LogP contribution in [0.2, 0.25) is 0 Å². The molecule has 23 valence electrons. The second kappa shape index (κ2) is 25.3. The molecule has 0 aliphatic carbocycles. The van der Waals surface area contributed by atoms with Gasteiger partial charge < -0.3 is 11.0 Å². The zero-order valence-electron chi connectivity index (χ0n) is 3.15. The van der Waals surface area contributed by atoms with Crippen LogP contribution >= 0.6 is 0 Å². The van der Waals surface area contributed by atoms with Crippen LogP contribution in [0, 0.1) is 0 Å². The summed E-state index contributed by atoms with van der Waals surface area (Å²) in [5.41, 5.74) is 0. The second-order valence-corrected chi connectivity index (χ2v) is 0. The average molecular weight is 169 g/mol. The van der Waals surface area contributed by atoms with Crippen molar-refractivity contribution in [2.75, 3.05) is 0 Å². The molecule has 0 N–H and O–H groups in total. The Kier molecular flexibility index (Phi) is 190. The third kappa shape index (κ3) is 18.3. The van der Waals surface area contributed by atoms with Gasteiger partial charge in [0.1, 0.15) is 0 Å². The monoisotopic (exact) mass is 169 g/mol. The fourth-order valence-electron chi connectivity index (χ4n) is 0. The summed E-state index contributed by atoms with van der Waals surface area (Å²) in [5, 5.41) is 0. The molecule has 1 radical (unpaired) electrons. The van der Waals surface area contributed by atoms with Gasteiger partial charge in [0, 0.05) is 0 Å². The van der Waals surface area contributed by atoms with E-state index in [0.29, 0.717) is 0 Å². The van der Waals surface area contributed by atoms with E-state index in [1.165, 1.54) is 0 Å². The summed E-state index contributed by atoms with van der Waals surface area (Å²) in [6.07, 6.45) is 0. The topological polar surface area (TPSA) is 57.0 Å². The Balaban J connectivity index is 0. The average Bonchev–Trinajstić information content (AvgIpc) is 0. The predicted molar refractivity (Wildman–Crippen MR) is 1.37 cm³/mol. The van der Waals surface area contributed by atoms with Gasteiger partial charge in [0.25, 0.3) is 0 Å². The van der Waals surface area contributed by atoms with Crippen LogP contribution in [0.3, 0.4) is 0 Å². The van der Waals surface area contributed by atoms with Crippen molar-refractivity contribution in [2.45, 2.75) is 0 Å². The summed E-state index contributed by atoms with van der Waals surface area (Å²) in [6, 6.07) is 0. The van der Waals surface area contributed by atoms with Crippen LogP contribution in [0.1, 0.15) is 0 Å². The summed E-state index contributed by atoms with van der Waals surface area (Å²) in [4.78, 5) is 0. The maximum absolute atomic E-state index is 0. The van der Waals surface area contributed by atoms with Gasteiger partial charge in [-0.2, -0.15) is 0 Å². The summed E-state index contributed by atoms with van der Waals surface area (Å²) in [5.74, 6) is 0. The molecule has 5 heteroatoms. The molecule has 0 saturated carbocycles. The molecular weight excluding hydrogens is 169 g/mol. The smallest absolute Gasteiger partial charge is 2.00 e. The third-order valence-electron chi connectivity index (χ3n) is 0. The first kappa shape index (κ1) is 37.7. The summed E-state index contributed by atoms with van der Waals surface area (Å²) in [6.45, 7) is 0. The number of hydrogen-bond acceptors (Lipinski definition) is 0. The SMILES string of the molecule is [Co+2].[K+].[K+].[O-2].[O-2].